The maximum Gasteiger partial charge on any atom is 0.303 e. The molecule has 0 unspecified atom stereocenters. The van der Waals surface area contributed by atoms with E-state index in [9.17, 15) is 115 Å². The van der Waals surface area contributed by atoms with Crippen LogP contribution in [-0.4, -0.2) is 424 Å². The molecule has 8 saturated heterocycles. The molecule has 0 aromatic carbocycles. The highest BCUT2D eigenvalue weighted by Gasteiger charge is 2.65. The number of ether oxygens (including phenoxy) is 34. The largest absolute Gasteiger partial charge is 0.463 e. The molecular weight excluding hydrogens is 1980 g/mol. The number of esters is 19. The van der Waals surface area contributed by atoms with Crippen LogP contribution < -0.4 is 4.72 Å². The molecule has 59 nitrogen and oxygen atoms in total. The lowest BCUT2D eigenvalue weighted by Crippen LogP contribution is -2.70. The minimum atomic E-state index is -5.43. The molecule has 8 rings (SSSR count). The van der Waals surface area contributed by atoms with Crippen LogP contribution in [0.4, 0.5) is 0 Å². The van der Waals surface area contributed by atoms with Gasteiger partial charge in [-0.05, 0) is 0 Å². The molecule has 0 radical (unpaired) electrons. The van der Waals surface area contributed by atoms with Crippen LogP contribution in [0.3, 0.4) is 0 Å². The molecule has 0 aliphatic carbocycles. The number of sulfonamides is 1. The van der Waals surface area contributed by atoms with E-state index in [2.05, 4.69) is 4.72 Å². The van der Waals surface area contributed by atoms with Crippen LogP contribution >= 0.6 is 0 Å². The van der Waals surface area contributed by atoms with E-state index in [1.807, 2.05) is 0 Å². The SMILES string of the molecule is CO[C@H]1O[C@H](CNS(=O)(=O)[C@@H]2O[C@H](COC(C)=O)[C@@H](O[C@@H]3O[C@H](CO[C@H]4OC[C@@H](OC(C)=O)[C@H](OC(C)=O)[C@H]4OC(C)=O)[C@@H](O[C@@H]4O[C@H](CO[C@H]5OC[C@@H](OC(C)=O)[C@H](OC(C)=O)[C@H]5OC(C)=O)[C@@H](O[C@@H]5O[C@H](CO[C@H]6OC[C@@H](OC(C)=O)[C@H](OC(C)=O)[C@H]6OC(C)=O)[C@@H](OC(C)=O)[C@H](OC(C)=O)[C@H]5OC(C)=O)[C@H](OC(C)=O)[C@H]4OC(C)=O)[C@H](OC(C)=O)[C@H]3OC(C)=O)[C@H](OC(C)=O)[C@H]2OC(C)=O)[C@@H](O)[C@H](O)[C@H]1O. The molecule has 0 aromatic heterocycles. The van der Waals surface area contributed by atoms with Gasteiger partial charge in [-0.25, -0.2) is 13.1 Å². The van der Waals surface area contributed by atoms with Gasteiger partial charge in [0.2, 0.25) is 15.5 Å². The Morgan fingerprint density at radius 1 is 0.243 bits per heavy atom. The molecule has 144 heavy (non-hydrogen) atoms. The van der Waals surface area contributed by atoms with Gasteiger partial charge in [0.15, 0.2) is 154 Å². The third kappa shape index (κ3) is 33.3. The van der Waals surface area contributed by atoms with Crippen LogP contribution in [0.5, 0.6) is 0 Å². The molecule has 8 aliphatic heterocycles. The third-order valence-corrected chi connectivity index (χ3v) is 22.8. The summed E-state index contributed by atoms with van der Waals surface area (Å²) in [5, 5.41) is 32.3. The number of aliphatic hydroxyl groups is 3. The van der Waals surface area contributed by atoms with E-state index in [1.165, 1.54) is 0 Å². The van der Waals surface area contributed by atoms with E-state index >= 15 is 0 Å². The summed E-state index contributed by atoms with van der Waals surface area (Å²) < 4.78 is 234. The van der Waals surface area contributed by atoms with E-state index in [0.717, 1.165) is 139 Å². The Bertz CT molecular complexity index is 4660. The Balaban J connectivity index is 1.39. The standard InChI is InChI=1S/C84H117NO58S/c1-29(86)111-22-55-62(69(128-40(12)97)76(135-47(19)104)84(140-55)144(108,109)85-21-48-56(105)57(106)58(107)77(110-20)136-48)143-83-75(134-46(18)103)68(127-39(11)96)61(54(139-83)28-117-80-72(131-43(15)100)65(124-36(8)93)51(25-114-80)120-32(4)89)142-82-74(133-45(17)102)67(126-38(10)95)60(53(138-82)27-116-79-71(130-42(14)99)64(123-35(7)92)50(24-113-79)119-31(3)88)141-81-73(132-44(16)101)66(125-37(9)94)59(121-33(5)90)52(137-81)26-115-78-70(129-41(13)98)63(122-34(6)91)49(23-112-78)118-30(2)87/h48-85,105-107H,21-28H2,1-20H3/t48-,49-,50-,51-,52-,53-,54-,55-,56-,57+,58-,59-,60-,61-,62-,63+,64+,65+,66+,67+,68+,69+,70-,71-,72-,73-,74-,75-,76-,77+,78-,79-,80-,81+,82+,83+,84+/m1/s1. The van der Waals surface area contributed by atoms with Gasteiger partial charge in [-0.3, -0.25) is 91.1 Å². The minimum absolute atomic E-state index is 0.681. The van der Waals surface area contributed by atoms with Gasteiger partial charge in [0.05, 0.1) is 39.6 Å². The Hall–Kier alpha value is -10.9. The molecule has 37 atom stereocenters. The summed E-state index contributed by atoms with van der Waals surface area (Å²) in [7, 11) is -4.40. The smallest absolute Gasteiger partial charge is 0.303 e. The average Bonchev–Trinajstić information content (AvgIpc) is 0.750. The third-order valence-electron chi connectivity index (χ3n) is 21.3. The summed E-state index contributed by atoms with van der Waals surface area (Å²) in [5.41, 5.74) is -2.71. The fourth-order valence-electron chi connectivity index (χ4n) is 16.4. The normalized spacial score (nSPS) is 35.2. The highest BCUT2D eigenvalue weighted by molar-refractivity contribution is 7.90. The zero-order chi connectivity index (χ0) is 107. The number of nitrogens with one attached hydrogen (secondary N) is 1. The summed E-state index contributed by atoms with van der Waals surface area (Å²) in [6, 6.07) is 0. The summed E-state index contributed by atoms with van der Waals surface area (Å²) in [6.07, 6.45) is -78.0. The van der Waals surface area contributed by atoms with Crippen molar-refractivity contribution in [1.29, 1.82) is 0 Å². The van der Waals surface area contributed by atoms with E-state index in [0.29, 0.717) is 0 Å². The summed E-state index contributed by atoms with van der Waals surface area (Å²) in [4.78, 5) is 254. The minimum Gasteiger partial charge on any atom is -0.463 e. The number of carbonyl (C=O) groups excluding carboxylic acids is 19. The molecule has 812 valence electrons. The van der Waals surface area contributed by atoms with Crippen molar-refractivity contribution in [3.8, 4) is 0 Å². The van der Waals surface area contributed by atoms with Gasteiger partial charge in [-0.15, -0.1) is 0 Å². The zero-order valence-corrected chi connectivity index (χ0v) is 82.0. The fraction of sp³-hybridized carbons (Fsp3) is 0.774. The van der Waals surface area contributed by atoms with Crippen LogP contribution in [-0.2, 0) is 262 Å². The monoisotopic (exact) mass is 2100 g/mol. The second kappa shape index (κ2) is 53.5. The van der Waals surface area contributed by atoms with Crippen molar-refractivity contribution in [2.45, 2.75) is 358 Å². The van der Waals surface area contributed by atoms with Crippen LogP contribution in [0.1, 0.15) is 132 Å². The highest BCUT2D eigenvalue weighted by Crippen LogP contribution is 2.43. The molecule has 8 aliphatic rings. The first-order chi connectivity index (χ1) is 67.4. The molecule has 0 aromatic rings. The number of methoxy groups -OCH3 is 1. The molecule has 60 heteroatoms. The van der Waals surface area contributed by atoms with Crippen molar-refractivity contribution in [1.82, 2.24) is 4.72 Å². The van der Waals surface area contributed by atoms with Gasteiger partial charge >= 0.3 is 113 Å². The lowest BCUT2D eigenvalue weighted by Gasteiger charge is -2.51. The average molecular weight is 2100 g/mol. The van der Waals surface area contributed by atoms with Crippen molar-refractivity contribution in [2.75, 3.05) is 59.9 Å². The van der Waals surface area contributed by atoms with Crippen LogP contribution in [0, 0.1) is 0 Å². The molecule has 0 spiro atoms. The Morgan fingerprint density at radius 2 is 0.472 bits per heavy atom. The van der Waals surface area contributed by atoms with Crippen LogP contribution in [0.25, 0.3) is 0 Å². The maximum absolute atomic E-state index is 15.0. The predicted molar refractivity (Wildman–Crippen MR) is 444 cm³/mol. The van der Waals surface area contributed by atoms with E-state index in [-0.39, 0.29) is 0 Å². The van der Waals surface area contributed by atoms with Gasteiger partial charge in [0, 0.05) is 145 Å². The first kappa shape index (κ1) is 118. The first-order valence-electron chi connectivity index (χ1n) is 44.2. The van der Waals surface area contributed by atoms with Crippen molar-refractivity contribution in [3.63, 3.8) is 0 Å². The molecule has 0 saturated carbocycles. The number of aliphatic hydroxyl groups excluding tert-OH is 3. The molecule has 0 amide bonds. The van der Waals surface area contributed by atoms with Crippen molar-refractivity contribution >= 4 is 123 Å². The second-order valence-electron chi connectivity index (χ2n) is 33.1. The van der Waals surface area contributed by atoms with E-state index in [4.69, 9.17) is 161 Å². The maximum atomic E-state index is 15.0. The summed E-state index contributed by atoms with van der Waals surface area (Å²) in [6.45, 7) is 7.75. The van der Waals surface area contributed by atoms with Crippen molar-refractivity contribution < 1.29 is 276 Å². The van der Waals surface area contributed by atoms with E-state index in [1.54, 1.807) is 0 Å². The predicted octanol–water partition coefficient (Wildman–Crippen LogP) is -6.13. The Kier molecular flexibility index (Phi) is 43.9. The number of hydrogen-bond donors (Lipinski definition) is 4. The summed E-state index contributed by atoms with van der Waals surface area (Å²) in [5.74, 6) is -22.9. The topological polar surface area (TPSA) is 745 Å². The number of hydrogen-bond acceptors (Lipinski definition) is 58. The van der Waals surface area contributed by atoms with Crippen molar-refractivity contribution in [2.24, 2.45) is 0 Å². The van der Waals surface area contributed by atoms with Crippen molar-refractivity contribution in [3.05, 3.63) is 0 Å². The summed E-state index contributed by atoms with van der Waals surface area (Å²) >= 11 is 0. The molecule has 8 heterocycles. The first-order valence-corrected chi connectivity index (χ1v) is 45.7. The quantitative estimate of drug-likeness (QED) is 0.0328. The van der Waals surface area contributed by atoms with E-state index < -0.39 is 403 Å². The molecule has 4 N–H and O–H groups in total. The zero-order valence-electron chi connectivity index (χ0n) is 81.2. The molecular formula is C84H117NO58S. The Morgan fingerprint density at radius 3 is 0.750 bits per heavy atom. The lowest BCUT2D eigenvalue weighted by atomic mass is 9.94. The lowest BCUT2D eigenvalue weighted by molar-refractivity contribution is -0.391. The molecule has 8 fully saturated rings. The van der Waals surface area contributed by atoms with Gasteiger partial charge in [0.1, 0.15) is 73.8 Å². The fourth-order valence-corrected chi connectivity index (χ4v) is 17.8. The number of carbonyl (C=O) groups is 19. The second-order valence-corrected chi connectivity index (χ2v) is 34.9. The Labute approximate surface area is 819 Å². The number of rotatable bonds is 40. The highest BCUT2D eigenvalue weighted by atomic mass is 32.2. The van der Waals surface area contributed by atoms with Crippen LogP contribution in [0.15, 0.2) is 0 Å². The van der Waals surface area contributed by atoms with Gasteiger partial charge in [0.25, 0.3) is 0 Å². The van der Waals surface area contributed by atoms with Gasteiger partial charge in [-0.1, -0.05) is 0 Å². The van der Waals surface area contributed by atoms with Crippen LogP contribution in [0.2, 0.25) is 0 Å². The van der Waals surface area contributed by atoms with Gasteiger partial charge in [-0.2, -0.15) is 0 Å². The van der Waals surface area contributed by atoms with Gasteiger partial charge < -0.3 is 176 Å². The molecule has 0 bridgehead atoms.